The summed E-state index contributed by atoms with van der Waals surface area (Å²) >= 11 is 1.29. The van der Waals surface area contributed by atoms with E-state index in [9.17, 15) is 4.39 Å². The molecule has 0 N–H and O–H groups in total. The van der Waals surface area contributed by atoms with Gasteiger partial charge >= 0.3 is 0 Å². The van der Waals surface area contributed by atoms with E-state index in [1.54, 1.807) is 0 Å². The first-order valence-electron chi connectivity index (χ1n) is 6.79. The Morgan fingerprint density at radius 1 is 0.950 bits per heavy atom. The highest BCUT2D eigenvalue weighted by atomic mass is 32.2. The highest BCUT2D eigenvalue weighted by Crippen LogP contribution is 2.41. The Hall–Kier alpha value is -1.32. The molecule has 20 heavy (non-hydrogen) atoms. The highest BCUT2D eigenvalue weighted by molar-refractivity contribution is 8.03. The number of benzene rings is 2. The van der Waals surface area contributed by atoms with Crippen LogP contribution in [0.1, 0.15) is 5.56 Å². The number of allylic oxidation sites excluding steroid dienone is 1. The van der Waals surface area contributed by atoms with Crippen LogP contribution in [-0.4, -0.2) is 8.07 Å². The van der Waals surface area contributed by atoms with Crippen LogP contribution in [0.4, 0.5) is 4.39 Å². The van der Waals surface area contributed by atoms with Crippen LogP contribution >= 0.6 is 11.8 Å². The second-order valence-electron chi connectivity index (χ2n) is 5.63. The second kappa shape index (κ2) is 5.22. The monoisotopic (exact) mass is 300 g/mol. The molecule has 2 aromatic rings. The minimum Gasteiger partial charge on any atom is -0.199 e. The molecule has 0 saturated carbocycles. The Balaban J connectivity index is 2.02. The maximum Gasteiger partial charge on any atom is 0.157 e. The van der Waals surface area contributed by atoms with Gasteiger partial charge in [0.15, 0.2) is 5.16 Å². The molecule has 0 nitrogen and oxygen atoms in total. The molecular formula is C17H17FSSi. The molecular weight excluding hydrogens is 283 g/mol. The fraction of sp³-hybridized carbons (Fsp3) is 0.176. The molecule has 1 aliphatic heterocycles. The van der Waals surface area contributed by atoms with Crippen LogP contribution in [0.3, 0.4) is 0 Å². The average Bonchev–Trinajstić information content (AvgIpc) is 2.47. The fourth-order valence-electron chi connectivity index (χ4n) is 2.66. The Morgan fingerprint density at radius 3 is 2.35 bits per heavy atom. The van der Waals surface area contributed by atoms with E-state index < -0.39 is 8.07 Å². The van der Waals surface area contributed by atoms with E-state index in [-0.39, 0.29) is 5.16 Å². The molecule has 0 bridgehead atoms. The molecule has 0 unspecified atom stereocenters. The van der Waals surface area contributed by atoms with Gasteiger partial charge in [0, 0.05) is 4.90 Å². The van der Waals surface area contributed by atoms with Crippen LogP contribution in [0.25, 0.3) is 0 Å². The molecule has 0 fully saturated rings. The highest BCUT2D eigenvalue weighted by Gasteiger charge is 2.34. The third-order valence-corrected chi connectivity index (χ3v) is 8.93. The number of halogens is 1. The van der Waals surface area contributed by atoms with Gasteiger partial charge in [-0.3, -0.25) is 0 Å². The number of rotatable bonds is 2. The largest absolute Gasteiger partial charge is 0.199 e. The normalized spacial score (nSPS) is 15.2. The predicted octanol–water partition coefficient (Wildman–Crippen LogP) is 4.67. The number of fused-ring (bicyclic) bond motifs is 1. The summed E-state index contributed by atoms with van der Waals surface area (Å²) in [4.78, 5) is 1.06. The first kappa shape index (κ1) is 13.7. The van der Waals surface area contributed by atoms with Crippen molar-refractivity contribution in [3.05, 3.63) is 70.5 Å². The predicted molar refractivity (Wildman–Crippen MR) is 87.7 cm³/mol. The van der Waals surface area contributed by atoms with Crippen molar-refractivity contribution in [1.82, 2.24) is 0 Å². The van der Waals surface area contributed by atoms with Crippen molar-refractivity contribution in [2.24, 2.45) is 0 Å². The van der Waals surface area contributed by atoms with Crippen LogP contribution in [0, 0.1) is 0 Å². The maximum atomic E-state index is 14.6. The molecule has 0 spiro atoms. The van der Waals surface area contributed by atoms with Crippen molar-refractivity contribution in [1.29, 1.82) is 0 Å². The fourth-order valence-corrected chi connectivity index (χ4v) is 6.89. The molecule has 0 aromatic heterocycles. The van der Waals surface area contributed by atoms with Crippen LogP contribution in [-0.2, 0) is 6.42 Å². The lowest BCUT2D eigenvalue weighted by atomic mass is 10.1. The van der Waals surface area contributed by atoms with E-state index in [0.717, 1.165) is 16.5 Å². The van der Waals surface area contributed by atoms with Crippen LogP contribution in [0.15, 0.2) is 69.8 Å². The molecule has 3 rings (SSSR count). The number of thioether (sulfide) groups is 1. The lowest BCUT2D eigenvalue weighted by Gasteiger charge is -2.30. The summed E-state index contributed by atoms with van der Waals surface area (Å²) in [6, 6.07) is 18.5. The molecule has 1 heterocycles. The van der Waals surface area contributed by atoms with Gasteiger partial charge in [-0.2, -0.15) is 4.39 Å². The van der Waals surface area contributed by atoms with Crippen molar-refractivity contribution < 1.29 is 4.39 Å². The summed E-state index contributed by atoms with van der Waals surface area (Å²) in [5.74, 6) is 0. The molecule has 102 valence electrons. The van der Waals surface area contributed by atoms with Gasteiger partial charge in [-0.15, -0.1) is 0 Å². The SMILES string of the molecule is C[Si](C)(C1=C(F)Sc2ccccc2C1)c1ccccc1. The third kappa shape index (κ3) is 2.36. The van der Waals surface area contributed by atoms with Gasteiger partial charge in [-0.1, -0.05) is 78.6 Å². The quantitative estimate of drug-likeness (QED) is 0.726. The maximum absolute atomic E-state index is 14.6. The van der Waals surface area contributed by atoms with E-state index in [0.29, 0.717) is 0 Å². The lowest BCUT2D eigenvalue weighted by molar-refractivity contribution is 0.686. The van der Waals surface area contributed by atoms with E-state index in [4.69, 9.17) is 0 Å². The van der Waals surface area contributed by atoms with Crippen molar-refractivity contribution >= 4 is 25.0 Å². The average molecular weight is 300 g/mol. The zero-order chi connectivity index (χ0) is 14.2. The van der Waals surface area contributed by atoms with E-state index in [2.05, 4.69) is 31.3 Å². The first-order chi connectivity index (χ1) is 9.59. The molecule has 2 aromatic carbocycles. The molecule has 0 saturated heterocycles. The summed E-state index contributed by atoms with van der Waals surface area (Å²) in [6.45, 7) is 4.48. The summed E-state index contributed by atoms with van der Waals surface area (Å²) in [5.41, 5.74) is 1.26. The van der Waals surface area contributed by atoms with Gasteiger partial charge in [0.25, 0.3) is 0 Å². The number of hydrogen-bond acceptors (Lipinski definition) is 1. The van der Waals surface area contributed by atoms with Gasteiger partial charge in [-0.25, -0.2) is 0 Å². The molecule has 0 amide bonds. The smallest absolute Gasteiger partial charge is 0.157 e. The zero-order valence-electron chi connectivity index (χ0n) is 11.7. The summed E-state index contributed by atoms with van der Waals surface area (Å²) < 4.78 is 14.6. The van der Waals surface area contributed by atoms with Gasteiger partial charge in [-0.05, 0) is 23.2 Å². The standard InChI is InChI=1S/C17H17FSSi/c1-20(2,14-9-4-3-5-10-14)16-12-13-8-6-7-11-15(13)19-17(16)18/h3-11H,12H2,1-2H3. The molecule has 0 atom stereocenters. The third-order valence-electron chi connectivity index (χ3n) is 4.03. The summed E-state index contributed by atoms with van der Waals surface area (Å²) in [7, 11) is -1.93. The summed E-state index contributed by atoms with van der Waals surface area (Å²) in [6.07, 6.45) is 0.753. The van der Waals surface area contributed by atoms with Crippen molar-refractivity contribution in [2.75, 3.05) is 0 Å². The van der Waals surface area contributed by atoms with Crippen LogP contribution < -0.4 is 5.19 Å². The summed E-state index contributed by atoms with van der Waals surface area (Å²) in [5, 5.41) is 2.33. The van der Waals surface area contributed by atoms with Crippen molar-refractivity contribution in [3.8, 4) is 0 Å². The van der Waals surface area contributed by atoms with E-state index in [1.165, 1.54) is 22.5 Å². The second-order valence-corrected chi connectivity index (χ2v) is 11.1. The number of hydrogen-bond donors (Lipinski definition) is 0. The van der Waals surface area contributed by atoms with E-state index in [1.807, 2.05) is 36.4 Å². The Kier molecular flexibility index (Phi) is 3.57. The molecule has 3 heteroatoms. The lowest BCUT2D eigenvalue weighted by Crippen LogP contribution is -2.45. The Bertz CT molecular complexity index is 662. The van der Waals surface area contributed by atoms with Gasteiger partial charge in [0.1, 0.15) is 8.07 Å². The topological polar surface area (TPSA) is 0 Å². The minimum absolute atomic E-state index is 0.0178. The molecule has 0 aliphatic carbocycles. The zero-order valence-corrected chi connectivity index (χ0v) is 13.5. The van der Waals surface area contributed by atoms with Crippen molar-refractivity contribution in [3.63, 3.8) is 0 Å². The first-order valence-corrected chi connectivity index (χ1v) is 10.6. The molecule has 0 radical (unpaired) electrons. The molecule has 1 aliphatic rings. The van der Waals surface area contributed by atoms with E-state index >= 15 is 0 Å². The van der Waals surface area contributed by atoms with Gasteiger partial charge < -0.3 is 0 Å². The van der Waals surface area contributed by atoms with Gasteiger partial charge in [0.2, 0.25) is 0 Å². The minimum atomic E-state index is -1.93. The van der Waals surface area contributed by atoms with Gasteiger partial charge in [0.05, 0.1) is 0 Å². The Morgan fingerprint density at radius 2 is 1.60 bits per heavy atom. The van der Waals surface area contributed by atoms with Crippen LogP contribution in [0.2, 0.25) is 13.1 Å². The van der Waals surface area contributed by atoms with Crippen molar-refractivity contribution in [2.45, 2.75) is 24.4 Å². The van der Waals surface area contributed by atoms with Crippen LogP contribution in [0.5, 0.6) is 0 Å². The Labute approximate surface area is 124 Å².